The number of halogens is 1. The van der Waals surface area contributed by atoms with Gasteiger partial charge in [-0.2, -0.15) is 0 Å². The van der Waals surface area contributed by atoms with Crippen molar-refractivity contribution in [1.82, 2.24) is 9.97 Å². The molecule has 0 radical (unpaired) electrons. The summed E-state index contributed by atoms with van der Waals surface area (Å²) >= 11 is 5.83. The first-order chi connectivity index (χ1) is 9.49. The minimum Gasteiger partial charge on any atom is -0.476 e. The molecule has 20 heavy (non-hydrogen) atoms. The molecule has 1 heterocycles. The lowest BCUT2D eigenvalue weighted by molar-refractivity contribution is -0.385. The van der Waals surface area contributed by atoms with E-state index in [1.54, 1.807) is 0 Å². The minimum absolute atomic E-state index is 0.0308. The minimum atomic E-state index is -1.24. The van der Waals surface area contributed by atoms with Gasteiger partial charge >= 0.3 is 11.7 Å². The molecule has 0 aliphatic heterocycles. The van der Waals surface area contributed by atoms with Crippen LogP contribution in [0.2, 0.25) is 5.02 Å². The van der Waals surface area contributed by atoms with Crippen LogP contribution in [0.5, 0.6) is 11.6 Å². The maximum absolute atomic E-state index is 10.9. The summed E-state index contributed by atoms with van der Waals surface area (Å²) in [5, 5.41) is 19.6. The third-order valence-corrected chi connectivity index (χ3v) is 2.49. The second-order valence-electron chi connectivity index (χ2n) is 3.49. The number of hydrogen-bond donors (Lipinski definition) is 1. The first-order valence-electron chi connectivity index (χ1n) is 5.15. The summed E-state index contributed by atoms with van der Waals surface area (Å²) in [4.78, 5) is 28.1. The lowest BCUT2D eigenvalue weighted by atomic mass is 10.3. The van der Waals surface area contributed by atoms with Gasteiger partial charge in [-0.05, 0) is 6.07 Å². The number of hydrogen-bond acceptors (Lipinski definition) is 6. The van der Waals surface area contributed by atoms with Gasteiger partial charge in [0.25, 0.3) is 0 Å². The van der Waals surface area contributed by atoms with Gasteiger partial charge in [0.2, 0.25) is 11.6 Å². The number of aromatic carboxylic acids is 1. The van der Waals surface area contributed by atoms with Crippen molar-refractivity contribution in [3.63, 3.8) is 0 Å². The largest absolute Gasteiger partial charge is 0.476 e. The van der Waals surface area contributed by atoms with Crippen LogP contribution >= 0.6 is 11.6 Å². The van der Waals surface area contributed by atoms with Crippen molar-refractivity contribution >= 4 is 23.3 Å². The molecule has 1 aromatic heterocycles. The number of para-hydroxylation sites is 1. The van der Waals surface area contributed by atoms with E-state index in [9.17, 15) is 14.9 Å². The normalized spacial score (nSPS) is 10.1. The molecule has 2 rings (SSSR count). The maximum Gasteiger partial charge on any atom is 0.356 e. The lowest BCUT2D eigenvalue weighted by Crippen LogP contribution is -2.02. The molecule has 0 bridgehead atoms. The number of carboxylic acids is 1. The van der Waals surface area contributed by atoms with E-state index in [4.69, 9.17) is 21.4 Å². The standard InChI is InChI=1S/C11H6ClN3O5/c12-6-2-1-3-8(15(18)19)10(6)20-9-5-13-7(4-14-9)11(16)17/h1-5H,(H,16,17). The second kappa shape index (κ2) is 5.49. The Hall–Kier alpha value is -2.74. The van der Waals surface area contributed by atoms with Crippen LogP contribution in [-0.4, -0.2) is 26.0 Å². The monoisotopic (exact) mass is 295 g/mol. The Morgan fingerprint density at radius 1 is 1.35 bits per heavy atom. The van der Waals surface area contributed by atoms with Crippen LogP contribution in [0.15, 0.2) is 30.6 Å². The van der Waals surface area contributed by atoms with Crippen LogP contribution in [0, 0.1) is 10.1 Å². The third-order valence-electron chi connectivity index (χ3n) is 2.20. The molecule has 8 nitrogen and oxygen atoms in total. The molecule has 102 valence electrons. The highest BCUT2D eigenvalue weighted by atomic mass is 35.5. The Morgan fingerprint density at radius 2 is 2.10 bits per heavy atom. The first-order valence-corrected chi connectivity index (χ1v) is 5.53. The van der Waals surface area contributed by atoms with Gasteiger partial charge in [0, 0.05) is 6.07 Å². The Balaban J connectivity index is 2.34. The fourth-order valence-corrected chi connectivity index (χ4v) is 1.53. The molecular formula is C11H6ClN3O5. The van der Waals surface area contributed by atoms with Crippen LogP contribution in [0.25, 0.3) is 0 Å². The smallest absolute Gasteiger partial charge is 0.356 e. The van der Waals surface area contributed by atoms with Crippen LogP contribution in [0.1, 0.15) is 10.5 Å². The number of ether oxygens (including phenoxy) is 1. The van der Waals surface area contributed by atoms with Crippen molar-refractivity contribution in [2.75, 3.05) is 0 Å². The van der Waals surface area contributed by atoms with E-state index >= 15 is 0 Å². The Bertz CT molecular complexity index is 674. The first kappa shape index (κ1) is 13.7. The summed E-state index contributed by atoms with van der Waals surface area (Å²) in [5.41, 5.74) is -0.604. The lowest BCUT2D eigenvalue weighted by Gasteiger charge is -2.06. The van der Waals surface area contributed by atoms with Crippen molar-refractivity contribution < 1.29 is 19.6 Å². The van der Waals surface area contributed by atoms with E-state index in [0.717, 1.165) is 12.4 Å². The highest BCUT2D eigenvalue weighted by molar-refractivity contribution is 6.32. The topological polar surface area (TPSA) is 115 Å². The van der Waals surface area contributed by atoms with Gasteiger partial charge in [-0.1, -0.05) is 17.7 Å². The molecule has 0 atom stereocenters. The van der Waals surface area contributed by atoms with Gasteiger partial charge in [0.15, 0.2) is 5.69 Å². The summed E-state index contributed by atoms with van der Waals surface area (Å²) in [6.07, 6.45) is 2.01. The molecule has 0 unspecified atom stereocenters. The van der Waals surface area contributed by atoms with E-state index in [1.165, 1.54) is 18.2 Å². The van der Waals surface area contributed by atoms with Gasteiger partial charge in [-0.15, -0.1) is 0 Å². The van der Waals surface area contributed by atoms with Crippen LogP contribution in [0.3, 0.4) is 0 Å². The molecule has 0 saturated carbocycles. The van der Waals surface area contributed by atoms with Crippen molar-refractivity contribution in [1.29, 1.82) is 0 Å². The number of carboxylic acid groups (broad SMARTS) is 1. The molecular weight excluding hydrogens is 290 g/mol. The van der Waals surface area contributed by atoms with E-state index in [-0.39, 0.29) is 28.0 Å². The van der Waals surface area contributed by atoms with E-state index in [2.05, 4.69) is 9.97 Å². The molecule has 0 fully saturated rings. The predicted octanol–water partition coefficient (Wildman–Crippen LogP) is 2.53. The third kappa shape index (κ3) is 2.81. The van der Waals surface area contributed by atoms with Crippen molar-refractivity contribution in [2.45, 2.75) is 0 Å². The number of benzene rings is 1. The fraction of sp³-hybridized carbons (Fsp3) is 0. The summed E-state index contributed by atoms with van der Waals surface area (Å²) in [6, 6.07) is 4.05. The van der Waals surface area contributed by atoms with Crippen molar-refractivity contribution in [2.24, 2.45) is 0 Å². The van der Waals surface area contributed by atoms with Gasteiger partial charge in [0.05, 0.1) is 22.3 Å². The number of nitro benzene ring substituents is 1. The molecule has 2 aromatic rings. The van der Waals surface area contributed by atoms with E-state index in [0.29, 0.717) is 0 Å². The molecule has 1 aromatic carbocycles. The highest BCUT2D eigenvalue weighted by Crippen LogP contribution is 2.36. The fourth-order valence-electron chi connectivity index (χ4n) is 1.33. The number of rotatable bonds is 4. The van der Waals surface area contributed by atoms with Gasteiger partial charge < -0.3 is 9.84 Å². The molecule has 0 aliphatic rings. The van der Waals surface area contributed by atoms with Crippen molar-refractivity contribution in [3.8, 4) is 11.6 Å². The SMILES string of the molecule is O=C(O)c1cnc(Oc2c(Cl)cccc2[N+](=O)[O-])cn1. The zero-order valence-corrected chi connectivity index (χ0v) is 10.4. The van der Waals surface area contributed by atoms with E-state index < -0.39 is 10.9 Å². The number of aromatic nitrogens is 2. The Morgan fingerprint density at radius 3 is 2.65 bits per heavy atom. The number of nitrogens with zero attached hydrogens (tertiary/aromatic N) is 3. The zero-order chi connectivity index (χ0) is 14.7. The molecule has 0 spiro atoms. The second-order valence-corrected chi connectivity index (χ2v) is 3.90. The summed E-state index contributed by atoms with van der Waals surface area (Å²) < 4.78 is 5.20. The quantitative estimate of drug-likeness (QED) is 0.680. The number of carbonyl (C=O) groups is 1. The average Bonchev–Trinajstić information content (AvgIpc) is 2.41. The maximum atomic E-state index is 10.9. The van der Waals surface area contributed by atoms with Crippen LogP contribution in [0.4, 0.5) is 5.69 Å². The molecule has 9 heteroatoms. The van der Waals surface area contributed by atoms with Gasteiger partial charge in [-0.3, -0.25) is 10.1 Å². The molecule has 0 amide bonds. The van der Waals surface area contributed by atoms with Crippen LogP contribution < -0.4 is 4.74 Å². The van der Waals surface area contributed by atoms with E-state index in [1.807, 2.05) is 0 Å². The molecule has 0 saturated heterocycles. The molecule has 1 N–H and O–H groups in total. The highest BCUT2D eigenvalue weighted by Gasteiger charge is 2.19. The summed E-state index contributed by atoms with van der Waals surface area (Å²) in [5.74, 6) is -1.53. The van der Waals surface area contributed by atoms with Crippen molar-refractivity contribution in [3.05, 3.63) is 51.4 Å². The Kier molecular flexibility index (Phi) is 3.76. The molecule has 0 aliphatic carbocycles. The average molecular weight is 296 g/mol. The number of nitro groups is 1. The van der Waals surface area contributed by atoms with Gasteiger partial charge in [-0.25, -0.2) is 14.8 Å². The predicted molar refractivity (Wildman–Crippen MR) is 67.2 cm³/mol. The summed E-state index contributed by atoms with van der Waals surface area (Å²) in [7, 11) is 0. The van der Waals surface area contributed by atoms with Gasteiger partial charge in [0.1, 0.15) is 0 Å². The van der Waals surface area contributed by atoms with Crippen LogP contribution in [-0.2, 0) is 0 Å². The Labute approximate surface area is 116 Å². The summed E-state index contributed by atoms with van der Waals surface area (Å²) in [6.45, 7) is 0. The zero-order valence-electron chi connectivity index (χ0n) is 9.69.